The van der Waals surface area contributed by atoms with Crippen LogP contribution in [-0.2, 0) is 11.2 Å². The highest BCUT2D eigenvalue weighted by atomic mass is 16.2. The number of carbonyl (C=O) groups is 1. The Morgan fingerprint density at radius 2 is 2.12 bits per heavy atom. The Morgan fingerprint density at radius 1 is 1.44 bits per heavy atom. The van der Waals surface area contributed by atoms with Gasteiger partial charge in [0.15, 0.2) is 0 Å². The van der Waals surface area contributed by atoms with E-state index in [2.05, 4.69) is 17.2 Å². The van der Waals surface area contributed by atoms with Crippen molar-refractivity contribution in [2.24, 2.45) is 5.41 Å². The summed E-state index contributed by atoms with van der Waals surface area (Å²) >= 11 is 0. The minimum atomic E-state index is -0.388. The maximum Gasteiger partial charge on any atom is 0.230 e. The minimum Gasteiger partial charge on any atom is -0.310 e. The highest BCUT2D eigenvalue weighted by Gasteiger charge is 2.22. The third kappa shape index (κ3) is 3.33. The Morgan fingerprint density at radius 3 is 2.69 bits per heavy atom. The normalized spacial score (nSPS) is 11.2. The molecule has 0 saturated heterocycles. The summed E-state index contributed by atoms with van der Waals surface area (Å²) < 4.78 is 0. The molecule has 0 radical (unpaired) electrons. The zero-order valence-corrected chi connectivity index (χ0v) is 10.5. The Labute approximate surface area is 97.3 Å². The van der Waals surface area contributed by atoms with Gasteiger partial charge in [0.05, 0.1) is 0 Å². The average Bonchev–Trinajstić information content (AvgIpc) is 2.20. The molecule has 1 N–H and O–H groups in total. The van der Waals surface area contributed by atoms with Gasteiger partial charge in [0.25, 0.3) is 0 Å². The van der Waals surface area contributed by atoms with E-state index in [0.717, 1.165) is 18.4 Å². The summed E-state index contributed by atoms with van der Waals surface area (Å²) in [4.78, 5) is 16.1. The maximum atomic E-state index is 11.8. The monoisotopic (exact) mass is 220 g/mol. The second-order valence-corrected chi connectivity index (χ2v) is 4.97. The molecule has 0 unspecified atom stereocenters. The number of anilines is 1. The van der Waals surface area contributed by atoms with E-state index in [-0.39, 0.29) is 11.3 Å². The predicted molar refractivity (Wildman–Crippen MR) is 66.3 cm³/mol. The van der Waals surface area contributed by atoms with Crippen molar-refractivity contribution in [1.82, 2.24) is 4.98 Å². The number of hydrogen-bond donors (Lipinski definition) is 1. The second-order valence-electron chi connectivity index (χ2n) is 4.97. The van der Waals surface area contributed by atoms with Gasteiger partial charge in [-0.25, -0.2) is 4.98 Å². The molecule has 0 aliphatic rings. The van der Waals surface area contributed by atoms with Crippen LogP contribution in [0.2, 0.25) is 0 Å². The average molecular weight is 220 g/mol. The first kappa shape index (κ1) is 12.7. The number of hydrogen-bond acceptors (Lipinski definition) is 2. The van der Waals surface area contributed by atoms with Gasteiger partial charge in [0, 0.05) is 11.6 Å². The van der Waals surface area contributed by atoms with Crippen LogP contribution < -0.4 is 5.32 Å². The molecule has 0 saturated carbocycles. The van der Waals surface area contributed by atoms with Crippen LogP contribution in [0, 0.1) is 5.41 Å². The lowest BCUT2D eigenvalue weighted by Crippen LogP contribution is -2.28. The van der Waals surface area contributed by atoms with Gasteiger partial charge in [-0.15, -0.1) is 0 Å². The second kappa shape index (κ2) is 5.10. The van der Waals surface area contributed by atoms with Crippen LogP contribution in [0.1, 0.15) is 39.7 Å². The highest BCUT2D eigenvalue weighted by molar-refractivity contribution is 5.94. The van der Waals surface area contributed by atoms with Gasteiger partial charge in [-0.1, -0.05) is 40.2 Å². The summed E-state index contributed by atoms with van der Waals surface area (Å²) in [5, 5.41) is 2.89. The molecule has 1 amide bonds. The van der Waals surface area contributed by atoms with Crippen molar-refractivity contribution < 1.29 is 4.79 Å². The number of rotatable bonds is 3. The molecule has 0 aliphatic carbocycles. The maximum absolute atomic E-state index is 11.8. The molecule has 3 nitrogen and oxygen atoms in total. The topological polar surface area (TPSA) is 42.0 Å². The molecule has 3 heteroatoms. The molecule has 0 aliphatic heterocycles. The van der Waals surface area contributed by atoms with Crippen molar-refractivity contribution >= 4 is 11.7 Å². The molecule has 88 valence electrons. The van der Waals surface area contributed by atoms with Crippen LogP contribution in [0.25, 0.3) is 0 Å². The van der Waals surface area contributed by atoms with Gasteiger partial charge < -0.3 is 5.32 Å². The molecule has 0 aromatic carbocycles. The first-order valence-electron chi connectivity index (χ1n) is 5.70. The van der Waals surface area contributed by atoms with Crippen LogP contribution in [0.5, 0.6) is 0 Å². The Bertz CT molecular complexity index is 366. The molecule has 0 fully saturated rings. The van der Waals surface area contributed by atoms with Crippen molar-refractivity contribution in [3.05, 3.63) is 23.9 Å². The molecule has 1 heterocycles. The number of aryl methyl sites for hydroxylation is 1. The predicted octanol–water partition coefficient (Wildman–Crippen LogP) is 3.02. The van der Waals surface area contributed by atoms with Gasteiger partial charge in [-0.05, 0) is 18.1 Å². The van der Waals surface area contributed by atoms with Crippen molar-refractivity contribution in [3.63, 3.8) is 0 Å². The molecular weight excluding hydrogens is 200 g/mol. The van der Waals surface area contributed by atoms with E-state index < -0.39 is 0 Å². The summed E-state index contributed by atoms with van der Waals surface area (Å²) in [5.74, 6) is 0.702. The van der Waals surface area contributed by atoms with Crippen LogP contribution in [0.4, 0.5) is 5.82 Å². The third-order valence-corrected chi connectivity index (χ3v) is 2.32. The largest absolute Gasteiger partial charge is 0.310 e. The molecule has 0 bridgehead atoms. The molecular formula is C13H20N2O. The van der Waals surface area contributed by atoms with Crippen LogP contribution >= 0.6 is 0 Å². The standard InChI is InChI=1S/C13H20N2O/c1-5-7-10-8-6-9-14-11(10)15-12(16)13(2,3)4/h6,8-9H,5,7H2,1-4H3,(H,14,15,16). The Kier molecular flexibility index (Phi) is 4.05. The van der Waals surface area contributed by atoms with E-state index in [1.807, 2.05) is 32.9 Å². The fourth-order valence-corrected chi connectivity index (χ4v) is 1.32. The zero-order valence-electron chi connectivity index (χ0n) is 10.5. The van der Waals surface area contributed by atoms with Gasteiger partial charge in [0.2, 0.25) is 5.91 Å². The van der Waals surface area contributed by atoms with Gasteiger partial charge in [-0.3, -0.25) is 4.79 Å². The lowest BCUT2D eigenvalue weighted by Gasteiger charge is -2.18. The number of amides is 1. The van der Waals surface area contributed by atoms with Gasteiger partial charge in [-0.2, -0.15) is 0 Å². The first-order chi connectivity index (χ1) is 7.45. The van der Waals surface area contributed by atoms with E-state index in [4.69, 9.17) is 0 Å². The van der Waals surface area contributed by atoms with Gasteiger partial charge in [0.1, 0.15) is 5.82 Å². The number of nitrogens with one attached hydrogen (secondary N) is 1. The highest BCUT2D eigenvalue weighted by Crippen LogP contribution is 2.19. The van der Waals surface area contributed by atoms with E-state index in [0.29, 0.717) is 5.82 Å². The number of aromatic nitrogens is 1. The van der Waals surface area contributed by atoms with E-state index in [1.54, 1.807) is 6.20 Å². The quantitative estimate of drug-likeness (QED) is 0.850. The Hall–Kier alpha value is -1.38. The molecule has 1 aromatic rings. The number of nitrogens with zero attached hydrogens (tertiary/aromatic N) is 1. The molecule has 1 aromatic heterocycles. The molecule has 16 heavy (non-hydrogen) atoms. The summed E-state index contributed by atoms with van der Waals surface area (Å²) in [5.41, 5.74) is 0.712. The molecule has 1 rings (SSSR count). The van der Waals surface area contributed by atoms with Crippen molar-refractivity contribution in [3.8, 4) is 0 Å². The fourth-order valence-electron chi connectivity index (χ4n) is 1.32. The van der Waals surface area contributed by atoms with E-state index >= 15 is 0 Å². The zero-order chi connectivity index (χ0) is 12.2. The van der Waals surface area contributed by atoms with Gasteiger partial charge >= 0.3 is 0 Å². The van der Waals surface area contributed by atoms with Crippen LogP contribution in [-0.4, -0.2) is 10.9 Å². The van der Waals surface area contributed by atoms with Crippen LogP contribution in [0.15, 0.2) is 18.3 Å². The summed E-state index contributed by atoms with van der Waals surface area (Å²) in [6.07, 6.45) is 3.69. The molecule has 0 spiro atoms. The van der Waals surface area contributed by atoms with Crippen molar-refractivity contribution in [1.29, 1.82) is 0 Å². The first-order valence-corrected chi connectivity index (χ1v) is 5.70. The molecule has 0 atom stereocenters. The fraction of sp³-hybridized carbons (Fsp3) is 0.538. The summed E-state index contributed by atoms with van der Waals surface area (Å²) in [7, 11) is 0. The lowest BCUT2D eigenvalue weighted by molar-refractivity contribution is -0.123. The Balaban J connectivity index is 2.84. The third-order valence-electron chi connectivity index (χ3n) is 2.32. The lowest BCUT2D eigenvalue weighted by atomic mass is 9.95. The SMILES string of the molecule is CCCc1cccnc1NC(=O)C(C)(C)C. The van der Waals surface area contributed by atoms with Crippen molar-refractivity contribution in [2.45, 2.75) is 40.5 Å². The number of pyridine rings is 1. The van der Waals surface area contributed by atoms with Crippen molar-refractivity contribution in [2.75, 3.05) is 5.32 Å². The van der Waals surface area contributed by atoms with Crippen LogP contribution in [0.3, 0.4) is 0 Å². The van der Waals surface area contributed by atoms with E-state index in [1.165, 1.54) is 0 Å². The van der Waals surface area contributed by atoms with E-state index in [9.17, 15) is 4.79 Å². The summed E-state index contributed by atoms with van der Waals surface area (Å²) in [6, 6.07) is 3.91. The minimum absolute atomic E-state index is 0.00329. The smallest absolute Gasteiger partial charge is 0.230 e. The summed E-state index contributed by atoms with van der Waals surface area (Å²) in [6.45, 7) is 7.79. The number of carbonyl (C=O) groups excluding carboxylic acids is 1.